The van der Waals surface area contributed by atoms with E-state index in [1.807, 2.05) is 55.5 Å². The van der Waals surface area contributed by atoms with E-state index in [4.69, 9.17) is 14.2 Å². The molecule has 7 heteroatoms. The van der Waals surface area contributed by atoms with Crippen LogP contribution in [-0.2, 0) is 27.8 Å². The Bertz CT molecular complexity index is 949. The van der Waals surface area contributed by atoms with Crippen LogP contribution in [-0.4, -0.2) is 44.9 Å². The van der Waals surface area contributed by atoms with Crippen molar-refractivity contribution in [3.8, 4) is 11.5 Å². The first kappa shape index (κ1) is 26.3. The van der Waals surface area contributed by atoms with Gasteiger partial charge in [-0.25, -0.2) is 8.42 Å². The van der Waals surface area contributed by atoms with Gasteiger partial charge in [-0.3, -0.25) is 0 Å². The Morgan fingerprint density at radius 1 is 1.03 bits per heavy atom. The Labute approximate surface area is 204 Å². The summed E-state index contributed by atoms with van der Waals surface area (Å²) < 4.78 is 46.3. The Kier molecular flexibility index (Phi) is 9.56. The van der Waals surface area contributed by atoms with Crippen molar-refractivity contribution < 1.29 is 22.6 Å². The number of allylic oxidation sites excluding steroid dienone is 1. The number of sulfonamides is 1. The van der Waals surface area contributed by atoms with Gasteiger partial charge in [0, 0.05) is 19.7 Å². The van der Waals surface area contributed by atoms with Crippen LogP contribution in [0.15, 0.2) is 61.2 Å². The fourth-order valence-corrected chi connectivity index (χ4v) is 6.65. The molecule has 1 aliphatic heterocycles. The molecular weight excluding hydrogens is 450 g/mol. The topological polar surface area (TPSA) is 65.1 Å². The van der Waals surface area contributed by atoms with E-state index in [2.05, 4.69) is 6.58 Å². The largest absolute Gasteiger partial charge is 0.497 e. The third-order valence-corrected chi connectivity index (χ3v) is 8.87. The third-order valence-electron chi connectivity index (χ3n) is 6.47. The summed E-state index contributed by atoms with van der Waals surface area (Å²) in [5.41, 5.74) is 1.82. The van der Waals surface area contributed by atoms with Crippen LogP contribution in [0.1, 0.15) is 43.7 Å². The molecule has 0 radical (unpaired) electrons. The number of rotatable bonds is 13. The summed E-state index contributed by atoms with van der Waals surface area (Å²) in [6, 6.07) is 15.1. The number of benzene rings is 2. The smallest absolute Gasteiger partial charge is 0.217 e. The molecule has 0 amide bonds. The molecule has 0 N–H and O–H groups in total. The lowest BCUT2D eigenvalue weighted by atomic mass is 9.98. The van der Waals surface area contributed by atoms with Gasteiger partial charge in [0.15, 0.2) is 0 Å². The van der Waals surface area contributed by atoms with Crippen molar-refractivity contribution in [3.05, 3.63) is 72.3 Å². The lowest BCUT2D eigenvalue weighted by Gasteiger charge is -2.32. The minimum absolute atomic E-state index is 0.0177. The molecule has 0 unspecified atom stereocenters. The summed E-state index contributed by atoms with van der Waals surface area (Å²) in [5.74, 6) is 1.41. The first-order valence-electron chi connectivity index (χ1n) is 11.8. The standard InChI is InChI=1S/C27H37NO5S/c1-5-7-21(2)27(18-26-8-6-17-33-26)34(29,30)28(19-22-9-13-24(31-3)14-10-22)20-23-11-15-25(32-4)16-12-23/h5,9-16,21,26-27H,1,6-8,17-20H2,2-4H3/t21-,26-,27-/m1/s1. The predicted octanol–water partition coefficient (Wildman–Crippen LogP) is 5.19. The molecule has 2 aromatic carbocycles. The summed E-state index contributed by atoms with van der Waals surface area (Å²) in [7, 11) is -0.422. The molecule has 3 rings (SSSR count). The fourth-order valence-electron chi connectivity index (χ4n) is 4.45. The summed E-state index contributed by atoms with van der Waals surface area (Å²) in [5, 5.41) is -0.551. The quantitative estimate of drug-likeness (QED) is 0.364. The zero-order chi connectivity index (χ0) is 24.6. The van der Waals surface area contributed by atoms with Gasteiger partial charge in [-0.05, 0) is 67.0 Å². The van der Waals surface area contributed by atoms with Crippen LogP contribution in [0.3, 0.4) is 0 Å². The Hall–Kier alpha value is -2.35. The molecule has 1 saturated heterocycles. The molecular formula is C27H37NO5S. The zero-order valence-corrected chi connectivity index (χ0v) is 21.3. The summed E-state index contributed by atoms with van der Waals surface area (Å²) in [6.45, 7) is 7.11. The molecule has 1 heterocycles. The van der Waals surface area contributed by atoms with E-state index < -0.39 is 15.3 Å². The van der Waals surface area contributed by atoms with Gasteiger partial charge in [-0.2, -0.15) is 4.31 Å². The third kappa shape index (κ3) is 6.84. The normalized spacial score (nSPS) is 17.9. The van der Waals surface area contributed by atoms with E-state index >= 15 is 0 Å². The summed E-state index contributed by atoms with van der Waals surface area (Å²) >= 11 is 0. The maximum absolute atomic E-state index is 14.2. The van der Waals surface area contributed by atoms with Crippen molar-refractivity contribution >= 4 is 10.0 Å². The first-order valence-corrected chi connectivity index (χ1v) is 13.3. The second kappa shape index (κ2) is 12.4. The number of hydrogen-bond acceptors (Lipinski definition) is 5. The fraction of sp³-hybridized carbons (Fsp3) is 0.481. The van der Waals surface area contributed by atoms with Crippen molar-refractivity contribution in [1.29, 1.82) is 0 Å². The van der Waals surface area contributed by atoms with Crippen LogP contribution in [0.25, 0.3) is 0 Å². The summed E-state index contributed by atoms with van der Waals surface area (Å²) in [6.07, 6.45) is 4.81. The second-order valence-electron chi connectivity index (χ2n) is 8.92. The van der Waals surface area contributed by atoms with Crippen LogP contribution in [0, 0.1) is 5.92 Å². The van der Waals surface area contributed by atoms with Gasteiger partial charge < -0.3 is 14.2 Å². The minimum Gasteiger partial charge on any atom is -0.497 e. The first-order chi connectivity index (χ1) is 16.4. The van der Waals surface area contributed by atoms with Gasteiger partial charge in [0.1, 0.15) is 11.5 Å². The summed E-state index contributed by atoms with van der Waals surface area (Å²) in [4.78, 5) is 0. The highest BCUT2D eigenvalue weighted by molar-refractivity contribution is 7.89. The molecule has 0 saturated carbocycles. The number of hydrogen-bond donors (Lipinski definition) is 0. The molecule has 1 fully saturated rings. The van der Waals surface area contributed by atoms with Crippen LogP contribution in [0.5, 0.6) is 11.5 Å². The van der Waals surface area contributed by atoms with Crippen molar-refractivity contribution in [2.45, 2.75) is 57.1 Å². The van der Waals surface area contributed by atoms with E-state index in [9.17, 15) is 8.42 Å². The van der Waals surface area contributed by atoms with Gasteiger partial charge in [0.2, 0.25) is 10.0 Å². The van der Waals surface area contributed by atoms with Gasteiger partial charge in [-0.1, -0.05) is 37.3 Å². The van der Waals surface area contributed by atoms with Crippen molar-refractivity contribution in [3.63, 3.8) is 0 Å². The molecule has 3 atom stereocenters. The maximum atomic E-state index is 14.2. The molecule has 34 heavy (non-hydrogen) atoms. The molecule has 1 aliphatic rings. The molecule has 186 valence electrons. The molecule has 0 bridgehead atoms. The van der Waals surface area contributed by atoms with Crippen LogP contribution in [0.2, 0.25) is 0 Å². The molecule has 0 aliphatic carbocycles. The highest BCUT2D eigenvalue weighted by Crippen LogP contribution is 2.31. The molecule has 0 aromatic heterocycles. The lowest BCUT2D eigenvalue weighted by Crippen LogP contribution is -2.42. The molecule has 2 aromatic rings. The van der Waals surface area contributed by atoms with Gasteiger partial charge in [-0.15, -0.1) is 6.58 Å². The number of ether oxygens (including phenoxy) is 3. The number of methoxy groups -OCH3 is 2. The van der Waals surface area contributed by atoms with Gasteiger partial charge in [0.25, 0.3) is 0 Å². The van der Waals surface area contributed by atoms with E-state index in [0.29, 0.717) is 19.4 Å². The van der Waals surface area contributed by atoms with Crippen molar-refractivity contribution in [2.24, 2.45) is 5.92 Å². The average molecular weight is 488 g/mol. The van der Waals surface area contributed by atoms with Gasteiger partial charge in [0.05, 0.1) is 25.6 Å². The predicted molar refractivity (Wildman–Crippen MR) is 136 cm³/mol. The highest BCUT2D eigenvalue weighted by Gasteiger charge is 2.38. The zero-order valence-electron chi connectivity index (χ0n) is 20.5. The van der Waals surface area contributed by atoms with Crippen LogP contribution in [0.4, 0.5) is 0 Å². The maximum Gasteiger partial charge on any atom is 0.217 e. The van der Waals surface area contributed by atoms with Crippen LogP contribution < -0.4 is 9.47 Å². The molecule has 6 nitrogen and oxygen atoms in total. The highest BCUT2D eigenvalue weighted by atomic mass is 32.2. The average Bonchev–Trinajstić information content (AvgIpc) is 3.36. The Morgan fingerprint density at radius 3 is 1.97 bits per heavy atom. The lowest BCUT2D eigenvalue weighted by molar-refractivity contribution is 0.0989. The Balaban J connectivity index is 1.93. The van der Waals surface area contributed by atoms with E-state index in [0.717, 1.165) is 35.5 Å². The minimum atomic E-state index is -3.66. The molecule has 0 spiro atoms. The van der Waals surface area contributed by atoms with Crippen molar-refractivity contribution in [1.82, 2.24) is 4.31 Å². The Morgan fingerprint density at radius 2 is 1.56 bits per heavy atom. The van der Waals surface area contributed by atoms with Gasteiger partial charge >= 0.3 is 0 Å². The SMILES string of the molecule is C=CC[C@@H](C)[C@@H](C[C@H]1CCCO1)S(=O)(=O)N(Cc1ccc(OC)cc1)Cc1ccc(OC)cc1. The monoisotopic (exact) mass is 487 g/mol. The van der Waals surface area contributed by atoms with E-state index in [-0.39, 0.29) is 25.1 Å². The number of nitrogens with zero attached hydrogens (tertiary/aromatic N) is 1. The van der Waals surface area contributed by atoms with Crippen LogP contribution >= 0.6 is 0 Å². The van der Waals surface area contributed by atoms with E-state index in [1.54, 1.807) is 24.6 Å². The van der Waals surface area contributed by atoms with E-state index in [1.165, 1.54) is 0 Å². The second-order valence-corrected chi connectivity index (χ2v) is 11.1. The van der Waals surface area contributed by atoms with Crippen molar-refractivity contribution in [2.75, 3.05) is 20.8 Å².